The van der Waals surface area contributed by atoms with Crippen LogP contribution in [0.15, 0.2) is 78.0 Å². The second-order valence-electron chi connectivity index (χ2n) is 6.73. The van der Waals surface area contributed by atoms with E-state index in [1.807, 2.05) is 41.8 Å². The van der Waals surface area contributed by atoms with Crippen LogP contribution in [0.5, 0.6) is 0 Å². The number of carbonyl (C=O) groups is 1. The molecule has 0 aliphatic carbocycles. The summed E-state index contributed by atoms with van der Waals surface area (Å²) < 4.78 is 15.3. The molecule has 1 aromatic heterocycles. The minimum atomic E-state index is -0.330. The lowest BCUT2D eigenvalue weighted by Crippen LogP contribution is -2.15. The van der Waals surface area contributed by atoms with E-state index in [9.17, 15) is 9.18 Å². The molecule has 0 atom stereocenters. The number of aromatic nitrogens is 3. The van der Waals surface area contributed by atoms with Gasteiger partial charge in [-0.3, -0.25) is 9.36 Å². The van der Waals surface area contributed by atoms with Crippen molar-refractivity contribution in [3.05, 3.63) is 89.2 Å². The Balaban J connectivity index is 1.59. The molecule has 0 saturated heterocycles. The molecule has 156 valence electrons. The van der Waals surface area contributed by atoms with Crippen LogP contribution in [-0.2, 0) is 4.79 Å². The number of hydrogen-bond donors (Lipinski definition) is 1. The molecule has 5 nitrogen and oxygen atoms in total. The van der Waals surface area contributed by atoms with Crippen molar-refractivity contribution >= 4 is 35.0 Å². The number of nitrogens with one attached hydrogen (secondary N) is 1. The Morgan fingerprint density at radius 2 is 1.77 bits per heavy atom. The summed E-state index contributed by atoms with van der Waals surface area (Å²) in [5, 5.41) is 12.6. The third kappa shape index (κ3) is 4.78. The molecule has 0 fully saturated rings. The van der Waals surface area contributed by atoms with Gasteiger partial charge in [-0.2, -0.15) is 0 Å². The van der Waals surface area contributed by atoms with Gasteiger partial charge in [-0.05, 0) is 48.9 Å². The van der Waals surface area contributed by atoms with Crippen molar-refractivity contribution in [1.29, 1.82) is 0 Å². The lowest BCUT2D eigenvalue weighted by molar-refractivity contribution is -0.113. The van der Waals surface area contributed by atoms with Crippen LogP contribution in [0.3, 0.4) is 0 Å². The van der Waals surface area contributed by atoms with Crippen LogP contribution in [0, 0.1) is 12.7 Å². The van der Waals surface area contributed by atoms with Crippen molar-refractivity contribution in [2.24, 2.45) is 0 Å². The summed E-state index contributed by atoms with van der Waals surface area (Å²) in [5.41, 5.74) is 3.05. The second-order valence-corrected chi connectivity index (χ2v) is 8.08. The fraction of sp³-hybridized carbons (Fsp3) is 0.0870. The third-order valence-corrected chi connectivity index (χ3v) is 5.96. The molecule has 3 aromatic carbocycles. The molecule has 1 heterocycles. The number of thioether (sulfide) groups is 1. The first-order valence-corrected chi connectivity index (χ1v) is 10.8. The summed E-state index contributed by atoms with van der Waals surface area (Å²) in [6, 6.07) is 21.0. The fourth-order valence-corrected chi connectivity index (χ4v) is 3.95. The van der Waals surface area contributed by atoms with E-state index in [1.165, 1.54) is 23.9 Å². The number of benzene rings is 3. The molecule has 1 amide bonds. The maximum absolute atomic E-state index is 13.5. The van der Waals surface area contributed by atoms with Crippen LogP contribution in [0.25, 0.3) is 17.1 Å². The number of amides is 1. The van der Waals surface area contributed by atoms with Crippen LogP contribution in [0.2, 0.25) is 5.02 Å². The first-order valence-electron chi connectivity index (χ1n) is 9.47. The topological polar surface area (TPSA) is 59.8 Å². The number of carbonyl (C=O) groups excluding carboxylic acids is 1. The minimum absolute atomic E-state index is 0.125. The van der Waals surface area contributed by atoms with E-state index in [-0.39, 0.29) is 17.5 Å². The predicted octanol–water partition coefficient (Wildman–Crippen LogP) is 5.77. The molecule has 0 spiro atoms. The molecule has 0 aliphatic heterocycles. The number of anilines is 1. The molecule has 1 N–H and O–H groups in total. The van der Waals surface area contributed by atoms with Crippen molar-refractivity contribution in [2.75, 3.05) is 11.1 Å². The lowest BCUT2D eigenvalue weighted by atomic mass is 10.2. The number of rotatable bonds is 6. The van der Waals surface area contributed by atoms with E-state index in [0.717, 1.165) is 11.1 Å². The highest BCUT2D eigenvalue weighted by atomic mass is 35.5. The van der Waals surface area contributed by atoms with Gasteiger partial charge < -0.3 is 5.32 Å². The van der Waals surface area contributed by atoms with Crippen LogP contribution in [0.4, 0.5) is 10.1 Å². The van der Waals surface area contributed by atoms with E-state index in [1.54, 1.807) is 30.3 Å². The first-order chi connectivity index (χ1) is 15.0. The van der Waals surface area contributed by atoms with Crippen molar-refractivity contribution in [2.45, 2.75) is 12.1 Å². The van der Waals surface area contributed by atoms with Gasteiger partial charge >= 0.3 is 0 Å². The highest BCUT2D eigenvalue weighted by Gasteiger charge is 2.17. The van der Waals surface area contributed by atoms with E-state index in [0.29, 0.717) is 27.4 Å². The van der Waals surface area contributed by atoms with Crippen LogP contribution in [0.1, 0.15) is 5.56 Å². The Morgan fingerprint density at radius 1 is 1.03 bits per heavy atom. The monoisotopic (exact) mass is 452 g/mol. The van der Waals surface area contributed by atoms with Gasteiger partial charge in [-0.15, -0.1) is 10.2 Å². The zero-order chi connectivity index (χ0) is 21.8. The number of nitrogens with zero attached hydrogens (tertiary/aromatic N) is 3. The largest absolute Gasteiger partial charge is 0.325 e. The van der Waals surface area contributed by atoms with Crippen LogP contribution < -0.4 is 5.32 Å². The molecule has 0 unspecified atom stereocenters. The Labute approximate surface area is 188 Å². The normalized spacial score (nSPS) is 10.8. The van der Waals surface area contributed by atoms with Gasteiger partial charge in [-0.1, -0.05) is 59.8 Å². The Kier molecular flexibility index (Phi) is 6.34. The van der Waals surface area contributed by atoms with E-state index < -0.39 is 0 Å². The molecule has 0 radical (unpaired) electrons. The molecule has 4 rings (SSSR count). The van der Waals surface area contributed by atoms with Gasteiger partial charge in [-0.25, -0.2) is 4.39 Å². The van der Waals surface area contributed by atoms with E-state index in [2.05, 4.69) is 15.5 Å². The molecule has 0 aliphatic rings. The van der Waals surface area contributed by atoms with Gasteiger partial charge in [0.25, 0.3) is 0 Å². The quantitative estimate of drug-likeness (QED) is 0.377. The van der Waals surface area contributed by atoms with Crippen molar-refractivity contribution < 1.29 is 9.18 Å². The number of hydrogen-bond acceptors (Lipinski definition) is 4. The average molecular weight is 453 g/mol. The summed E-state index contributed by atoms with van der Waals surface area (Å²) in [6.45, 7) is 1.85. The first kappa shape index (κ1) is 21.1. The third-order valence-electron chi connectivity index (χ3n) is 4.62. The van der Waals surface area contributed by atoms with Crippen molar-refractivity contribution in [3.8, 4) is 17.1 Å². The zero-order valence-electron chi connectivity index (χ0n) is 16.5. The summed E-state index contributed by atoms with van der Waals surface area (Å²) in [7, 11) is 0. The minimum Gasteiger partial charge on any atom is -0.325 e. The summed E-state index contributed by atoms with van der Waals surface area (Å²) in [5.74, 6) is 0.217. The van der Waals surface area contributed by atoms with E-state index in [4.69, 9.17) is 11.6 Å². The van der Waals surface area contributed by atoms with Crippen LogP contribution in [-0.4, -0.2) is 26.4 Å². The van der Waals surface area contributed by atoms with Crippen molar-refractivity contribution in [3.63, 3.8) is 0 Å². The van der Waals surface area contributed by atoms with Gasteiger partial charge in [0.15, 0.2) is 11.0 Å². The highest BCUT2D eigenvalue weighted by molar-refractivity contribution is 7.99. The number of halogens is 2. The maximum atomic E-state index is 13.5. The fourth-order valence-electron chi connectivity index (χ4n) is 3.02. The molecule has 0 saturated carbocycles. The van der Waals surface area contributed by atoms with Gasteiger partial charge in [0.1, 0.15) is 5.82 Å². The SMILES string of the molecule is Cc1c(Cl)cccc1NC(=O)CSc1nnc(-c2ccccc2)n1-c1ccc(F)cc1. The smallest absolute Gasteiger partial charge is 0.234 e. The van der Waals surface area contributed by atoms with Crippen molar-refractivity contribution in [1.82, 2.24) is 14.8 Å². The lowest BCUT2D eigenvalue weighted by Gasteiger charge is -2.11. The average Bonchev–Trinajstić information content (AvgIpc) is 3.21. The second kappa shape index (κ2) is 9.32. The molecule has 8 heteroatoms. The molecule has 0 bridgehead atoms. The Morgan fingerprint density at radius 3 is 2.52 bits per heavy atom. The Hall–Kier alpha value is -3.16. The molecule has 31 heavy (non-hydrogen) atoms. The van der Waals surface area contributed by atoms with Gasteiger partial charge in [0.05, 0.1) is 5.75 Å². The zero-order valence-corrected chi connectivity index (χ0v) is 18.1. The van der Waals surface area contributed by atoms with Crippen LogP contribution >= 0.6 is 23.4 Å². The summed E-state index contributed by atoms with van der Waals surface area (Å²) in [4.78, 5) is 12.5. The highest BCUT2D eigenvalue weighted by Crippen LogP contribution is 2.28. The van der Waals surface area contributed by atoms with Gasteiger partial charge in [0, 0.05) is 22.0 Å². The summed E-state index contributed by atoms with van der Waals surface area (Å²) in [6.07, 6.45) is 0. The molecular weight excluding hydrogens is 435 g/mol. The molecular formula is C23H18ClFN4OS. The Bertz CT molecular complexity index is 1210. The van der Waals surface area contributed by atoms with Gasteiger partial charge in [0.2, 0.25) is 5.91 Å². The standard InChI is InChI=1S/C23H18ClFN4OS/c1-15-19(24)8-5-9-20(15)26-21(30)14-31-23-28-27-22(16-6-3-2-4-7-16)29(23)18-12-10-17(25)11-13-18/h2-13H,14H2,1H3,(H,26,30). The maximum Gasteiger partial charge on any atom is 0.234 e. The van der Waals surface area contributed by atoms with E-state index >= 15 is 0 Å². The predicted molar refractivity (Wildman–Crippen MR) is 122 cm³/mol. The summed E-state index contributed by atoms with van der Waals surface area (Å²) >= 11 is 7.38. The molecule has 4 aromatic rings.